The van der Waals surface area contributed by atoms with E-state index in [1.165, 1.54) is 43.4 Å². The Morgan fingerprint density at radius 3 is 2.37 bits per heavy atom. The highest BCUT2D eigenvalue weighted by molar-refractivity contribution is 7.90. The third kappa shape index (κ3) is 4.49. The lowest BCUT2D eigenvalue weighted by molar-refractivity contribution is 0.456. The van der Waals surface area contributed by atoms with E-state index in [-0.39, 0.29) is 33.0 Å². The fourth-order valence-electron chi connectivity index (χ4n) is 2.46. The molecule has 0 aromatic heterocycles. The van der Waals surface area contributed by atoms with Gasteiger partial charge in [-0.2, -0.15) is 4.31 Å². The molecule has 2 aromatic rings. The molecule has 3 rings (SSSR count). The maximum Gasteiger partial charge on any atom is 0.243 e. The molecule has 146 valence electrons. The summed E-state index contributed by atoms with van der Waals surface area (Å²) in [5.74, 6) is -0.616. The van der Waals surface area contributed by atoms with Crippen LogP contribution in [0.5, 0.6) is 0 Å². The predicted molar refractivity (Wildman–Crippen MR) is 99.8 cm³/mol. The van der Waals surface area contributed by atoms with Gasteiger partial charge in [0.05, 0.1) is 9.79 Å². The van der Waals surface area contributed by atoms with Crippen LogP contribution < -0.4 is 4.72 Å². The van der Waals surface area contributed by atoms with Crippen LogP contribution in [0.2, 0.25) is 5.02 Å². The molecule has 1 saturated carbocycles. The van der Waals surface area contributed by atoms with Crippen LogP contribution in [0.4, 0.5) is 4.39 Å². The van der Waals surface area contributed by atoms with E-state index in [0.717, 1.165) is 23.2 Å². The number of nitrogens with zero attached hydrogens (tertiary/aromatic N) is 1. The van der Waals surface area contributed by atoms with Crippen molar-refractivity contribution in [2.24, 2.45) is 0 Å². The number of benzene rings is 2. The zero-order chi connectivity index (χ0) is 19.8. The smallest absolute Gasteiger partial charge is 0.208 e. The molecule has 1 aliphatic carbocycles. The fourth-order valence-corrected chi connectivity index (χ4v) is 5.29. The average Bonchev–Trinajstić information content (AvgIpc) is 3.41. The maximum absolute atomic E-state index is 14.0. The molecule has 0 spiro atoms. The fraction of sp³-hybridized carbons (Fsp3) is 0.294. The van der Waals surface area contributed by atoms with E-state index in [1.54, 1.807) is 0 Å². The van der Waals surface area contributed by atoms with Crippen LogP contribution in [0.1, 0.15) is 18.4 Å². The molecule has 0 amide bonds. The van der Waals surface area contributed by atoms with Crippen molar-refractivity contribution in [2.75, 3.05) is 7.05 Å². The first-order valence-corrected chi connectivity index (χ1v) is 11.4. The summed E-state index contributed by atoms with van der Waals surface area (Å²) < 4.78 is 67.7. The Balaban J connectivity index is 1.89. The van der Waals surface area contributed by atoms with E-state index in [4.69, 9.17) is 11.6 Å². The van der Waals surface area contributed by atoms with Gasteiger partial charge in [0.1, 0.15) is 5.82 Å². The second kappa shape index (κ2) is 7.48. The third-order valence-corrected chi connectivity index (χ3v) is 7.84. The summed E-state index contributed by atoms with van der Waals surface area (Å²) in [4.78, 5) is -0.330. The topological polar surface area (TPSA) is 83.6 Å². The summed E-state index contributed by atoms with van der Waals surface area (Å²) in [6.45, 7) is -0.287. The van der Waals surface area contributed by atoms with Gasteiger partial charge in [-0.1, -0.05) is 23.7 Å². The Morgan fingerprint density at radius 1 is 1.11 bits per heavy atom. The number of hydrogen-bond acceptors (Lipinski definition) is 4. The van der Waals surface area contributed by atoms with Gasteiger partial charge in [-0.25, -0.2) is 25.9 Å². The number of hydrogen-bond donors (Lipinski definition) is 1. The van der Waals surface area contributed by atoms with Crippen molar-refractivity contribution in [1.29, 1.82) is 0 Å². The molecule has 10 heteroatoms. The first-order valence-electron chi connectivity index (χ1n) is 8.13. The molecule has 0 radical (unpaired) electrons. The van der Waals surface area contributed by atoms with Crippen molar-refractivity contribution in [3.05, 3.63) is 58.9 Å². The van der Waals surface area contributed by atoms with E-state index >= 15 is 0 Å². The molecular weight excluding hydrogens is 415 g/mol. The standard InChI is InChI=1S/C17H18ClFN2O4S2/c1-21(11-15-16(18)6-3-7-17(15)19)27(24,25)14-5-2-4-13(10-14)26(22,23)20-12-8-9-12/h2-7,10,12,20H,8-9,11H2,1H3. The van der Waals surface area contributed by atoms with Gasteiger partial charge in [0.25, 0.3) is 0 Å². The van der Waals surface area contributed by atoms with Crippen LogP contribution in [-0.4, -0.2) is 34.2 Å². The van der Waals surface area contributed by atoms with Crippen LogP contribution in [0.3, 0.4) is 0 Å². The van der Waals surface area contributed by atoms with Gasteiger partial charge >= 0.3 is 0 Å². The summed E-state index contributed by atoms with van der Waals surface area (Å²) in [6, 6.07) is 9.08. The summed E-state index contributed by atoms with van der Waals surface area (Å²) in [5.41, 5.74) is 0.0458. The van der Waals surface area contributed by atoms with Gasteiger partial charge in [-0.15, -0.1) is 0 Å². The molecule has 27 heavy (non-hydrogen) atoms. The van der Waals surface area contributed by atoms with Crippen molar-refractivity contribution in [3.8, 4) is 0 Å². The zero-order valence-corrected chi connectivity index (χ0v) is 16.8. The van der Waals surface area contributed by atoms with E-state index in [9.17, 15) is 21.2 Å². The van der Waals surface area contributed by atoms with Crippen molar-refractivity contribution in [1.82, 2.24) is 9.03 Å². The highest BCUT2D eigenvalue weighted by atomic mass is 35.5. The van der Waals surface area contributed by atoms with Crippen LogP contribution >= 0.6 is 11.6 Å². The summed E-state index contributed by atoms with van der Waals surface area (Å²) in [5, 5.41) is 0.113. The summed E-state index contributed by atoms with van der Waals surface area (Å²) in [6.07, 6.45) is 1.53. The lowest BCUT2D eigenvalue weighted by Gasteiger charge is -2.19. The normalized spacial score (nSPS) is 15.3. The molecule has 2 aromatic carbocycles. The molecule has 6 nitrogen and oxygen atoms in total. The number of halogens is 2. The first-order chi connectivity index (χ1) is 12.6. The second-order valence-corrected chi connectivity index (χ2v) is 10.5. The number of rotatable bonds is 7. The van der Waals surface area contributed by atoms with Gasteiger partial charge in [0, 0.05) is 30.2 Å². The van der Waals surface area contributed by atoms with Crippen molar-refractivity contribution >= 4 is 31.6 Å². The average molecular weight is 433 g/mol. The maximum atomic E-state index is 14.0. The van der Waals surface area contributed by atoms with Gasteiger partial charge < -0.3 is 0 Å². The van der Waals surface area contributed by atoms with Gasteiger partial charge in [0.2, 0.25) is 20.0 Å². The predicted octanol–water partition coefficient (Wildman–Crippen LogP) is 2.74. The van der Waals surface area contributed by atoms with Crippen molar-refractivity contribution in [2.45, 2.75) is 35.2 Å². The third-order valence-electron chi connectivity index (χ3n) is 4.17. The molecule has 0 unspecified atom stereocenters. The van der Waals surface area contributed by atoms with E-state index in [1.807, 2.05) is 0 Å². The molecule has 0 heterocycles. The quantitative estimate of drug-likeness (QED) is 0.729. The van der Waals surface area contributed by atoms with E-state index in [0.29, 0.717) is 0 Å². The lowest BCUT2D eigenvalue weighted by atomic mass is 10.2. The summed E-state index contributed by atoms with van der Waals surface area (Å²) in [7, 11) is -6.56. The number of sulfonamides is 2. The zero-order valence-electron chi connectivity index (χ0n) is 14.4. The molecule has 0 saturated heterocycles. The van der Waals surface area contributed by atoms with Crippen molar-refractivity contribution in [3.63, 3.8) is 0 Å². The Labute approximate surface area is 163 Å². The van der Waals surface area contributed by atoms with E-state index in [2.05, 4.69) is 4.72 Å². The SMILES string of the molecule is CN(Cc1c(F)cccc1Cl)S(=O)(=O)c1cccc(S(=O)(=O)NC2CC2)c1. The minimum absolute atomic E-state index is 0.0458. The first kappa shape index (κ1) is 20.2. The van der Waals surface area contributed by atoms with Gasteiger partial charge in [-0.05, 0) is 43.2 Å². The Bertz CT molecular complexity index is 1050. The molecule has 0 bridgehead atoms. The van der Waals surface area contributed by atoms with Crippen molar-refractivity contribution < 1.29 is 21.2 Å². The molecule has 0 atom stereocenters. The molecule has 0 aliphatic heterocycles. The minimum atomic E-state index is -4.05. The van der Waals surface area contributed by atoms with Gasteiger partial charge in [0.15, 0.2) is 0 Å². The summed E-state index contributed by atoms with van der Waals surface area (Å²) >= 11 is 5.96. The minimum Gasteiger partial charge on any atom is -0.208 e. The second-order valence-electron chi connectivity index (χ2n) is 6.33. The molecule has 1 N–H and O–H groups in total. The Hall–Kier alpha value is -1.52. The lowest BCUT2D eigenvalue weighted by Crippen LogP contribution is -2.28. The van der Waals surface area contributed by atoms with Crippen LogP contribution in [0, 0.1) is 5.82 Å². The molecule has 1 fully saturated rings. The van der Waals surface area contributed by atoms with Gasteiger partial charge in [-0.3, -0.25) is 0 Å². The highest BCUT2D eigenvalue weighted by Crippen LogP contribution is 2.26. The van der Waals surface area contributed by atoms with Crippen LogP contribution in [-0.2, 0) is 26.6 Å². The molecular formula is C17H18ClFN2O4S2. The Morgan fingerprint density at radius 2 is 1.74 bits per heavy atom. The van der Waals surface area contributed by atoms with Crippen LogP contribution in [0.15, 0.2) is 52.3 Å². The van der Waals surface area contributed by atoms with Crippen LogP contribution in [0.25, 0.3) is 0 Å². The Kier molecular flexibility index (Phi) is 5.60. The number of nitrogens with one attached hydrogen (secondary N) is 1. The monoisotopic (exact) mass is 432 g/mol. The van der Waals surface area contributed by atoms with E-state index < -0.39 is 25.9 Å². The molecule has 1 aliphatic rings. The highest BCUT2D eigenvalue weighted by Gasteiger charge is 2.29. The largest absolute Gasteiger partial charge is 0.243 e.